The van der Waals surface area contributed by atoms with Crippen molar-refractivity contribution >= 4 is 28.5 Å². The van der Waals surface area contributed by atoms with Gasteiger partial charge in [-0.05, 0) is 44.2 Å². The van der Waals surface area contributed by atoms with Gasteiger partial charge >= 0.3 is 0 Å². The van der Waals surface area contributed by atoms with Gasteiger partial charge < -0.3 is 21.1 Å². The fourth-order valence-electron chi connectivity index (χ4n) is 3.95. The number of carbonyl (C=O) groups excluding carboxylic acids is 1. The summed E-state index contributed by atoms with van der Waals surface area (Å²) >= 11 is 0. The van der Waals surface area contributed by atoms with E-state index >= 15 is 0 Å². The molecule has 0 bridgehead atoms. The van der Waals surface area contributed by atoms with Gasteiger partial charge in [-0.25, -0.2) is 9.97 Å². The number of amidine groups is 1. The van der Waals surface area contributed by atoms with E-state index in [1.54, 1.807) is 0 Å². The van der Waals surface area contributed by atoms with Crippen LogP contribution >= 0.6 is 0 Å². The van der Waals surface area contributed by atoms with Crippen molar-refractivity contribution in [1.29, 1.82) is 0 Å². The number of aliphatic imine (C=N–C) groups is 1. The molecule has 1 aliphatic rings. The van der Waals surface area contributed by atoms with E-state index in [0.717, 1.165) is 42.1 Å². The molecule has 1 amide bonds. The van der Waals surface area contributed by atoms with E-state index < -0.39 is 0 Å². The maximum atomic E-state index is 12.8. The third-order valence-corrected chi connectivity index (χ3v) is 5.67. The van der Waals surface area contributed by atoms with Gasteiger partial charge in [0.25, 0.3) is 5.91 Å². The Bertz CT molecular complexity index is 998. The molecule has 0 radical (unpaired) electrons. The summed E-state index contributed by atoms with van der Waals surface area (Å²) in [4.78, 5) is 26.8. The van der Waals surface area contributed by atoms with Gasteiger partial charge in [-0.2, -0.15) is 0 Å². The number of hydrogen-bond acceptors (Lipinski definition) is 6. The summed E-state index contributed by atoms with van der Waals surface area (Å²) in [6, 6.07) is 6.10. The molecule has 2 atom stereocenters. The molecule has 180 valence electrons. The van der Waals surface area contributed by atoms with Crippen LogP contribution in [-0.4, -0.2) is 53.6 Å². The normalized spacial score (nSPS) is 19.5. The highest BCUT2D eigenvalue weighted by Crippen LogP contribution is 2.28. The van der Waals surface area contributed by atoms with E-state index in [2.05, 4.69) is 47.4 Å². The Morgan fingerprint density at radius 1 is 1.24 bits per heavy atom. The molecule has 1 aliphatic carbocycles. The van der Waals surface area contributed by atoms with E-state index in [1.807, 2.05) is 26.0 Å². The zero-order valence-electron chi connectivity index (χ0n) is 20.6. The minimum absolute atomic E-state index is 0.0283. The topological polar surface area (TPSA) is 115 Å². The van der Waals surface area contributed by atoms with Crippen LogP contribution in [0.5, 0.6) is 0 Å². The van der Waals surface area contributed by atoms with Crippen molar-refractivity contribution in [2.75, 3.05) is 25.1 Å². The summed E-state index contributed by atoms with van der Waals surface area (Å²) in [5.41, 5.74) is 7.93. The molecule has 0 saturated heterocycles. The first-order chi connectivity index (χ1) is 15.7. The number of aromatic nitrogens is 2. The molecule has 1 saturated carbocycles. The van der Waals surface area contributed by atoms with E-state index in [-0.39, 0.29) is 29.2 Å². The molecule has 0 spiro atoms. The number of nitrogens with one attached hydrogen (secondary N) is 2. The molecule has 8 heteroatoms. The minimum Gasteiger partial charge on any atom is -0.386 e. The highest BCUT2D eigenvalue weighted by atomic mass is 16.5. The predicted octanol–water partition coefficient (Wildman–Crippen LogP) is 3.83. The van der Waals surface area contributed by atoms with Crippen molar-refractivity contribution in [3.8, 4) is 0 Å². The van der Waals surface area contributed by atoms with Crippen LogP contribution in [0.2, 0.25) is 0 Å². The summed E-state index contributed by atoms with van der Waals surface area (Å²) in [7, 11) is 0. The molecule has 1 fully saturated rings. The number of anilines is 1. The number of benzene rings is 1. The monoisotopic (exact) mass is 454 g/mol. The second-order valence-electron chi connectivity index (χ2n) is 10.0. The SMILES string of the molecule is CCOCC(N)=N[C@@H]1CCCC[C@@H]1Nc1nc(C(=O)NCC(C)(C)C)nc2ccc(C)cc12. The number of hydrogen-bond donors (Lipinski definition) is 3. The van der Waals surface area contributed by atoms with Crippen LogP contribution in [0.15, 0.2) is 23.2 Å². The first-order valence-corrected chi connectivity index (χ1v) is 11.9. The van der Waals surface area contributed by atoms with Gasteiger partial charge in [-0.1, -0.05) is 45.2 Å². The average molecular weight is 455 g/mol. The summed E-state index contributed by atoms with van der Waals surface area (Å²) in [6.45, 7) is 11.7. The maximum absolute atomic E-state index is 12.8. The van der Waals surface area contributed by atoms with Gasteiger partial charge in [0, 0.05) is 24.6 Å². The number of ether oxygens (including phenoxy) is 1. The Morgan fingerprint density at radius 3 is 2.73 bits per heavy atom. The number of nitrogens with zero attached hydrogens (tertiary/aromatic N) is 3. The first kappa shape index (κ1) is 24.9. The van der Waals surface area contributed by atoms with Crippen LogP contribution in [0.1, 0.15) is 69.6 Å². The van der Waals surface area contributed by atoms with Gasteiger partial charge in [-0.15, -0.1) is 0 Å². The second-order valence-corrected chi connectivity index (χ2v) is 10.0. The Morgan fingerprint density at radius 2 is 2.00 bits per heavy atom. The highest BCUT2D eigenvalue weighted by molar-refractivity contribution is 5.96. The Kier molecular flexibility index (Phi) is 8.24. The van der Waals surface area contributed by atoms with Gasteiger partial charge in [0.05, 0.1) is 11.6 Å². The van der Waals surface area contributed by atoms with E-state index in [9.17, 15) is 4.79 Å². The number of fused-ring (bicyclic) bond motifs is 1. The fraction of sp³-hybridized carbons (Fsp3) is 0.600. The first-order valence-electron chi connectivity index (χ1n) is 11.9. The lowest BCUT2D eigenvalue weighted by atomic mass is 9.90. The van der Waals surface area contributed by atoms with Crippen LogP contribution in [0.4, 0.5) is 5.82 Å². The van der Waals surface area contributed by atoms with Crippen molar-refractivity contribution in [1.82, 2.24) is 15.3 Å². The molecular weight excluding hydrogens is 416 g/mol. The zero-order valence-corrected chi connectivity index (χ0v) is 20.6. The molecule has 2 aromatic rings. The predicted molar refractivity (Wildman–Crippen MR) is 134 cm³/mol. The van der Waals surface area contributed by atoms with E-state index in [0.29, 0.717) is 31.4 Å². The minimum atomic E-state index is -0.269. The molecule has 1 aromatic heterocycles. The van der Waals surface area contributed by atoms with E-state index in [4.69, 9.17) is 15.5 Å². The number of aryl methyl sites for hydroxylation is 1. The molecule has 0 aliphatic heterocycles. The van der Waals surface area contributed by atoms with Gasteiger partial charge in [-0.3, -0.25) is 9.79 Å². The number of amides is 1. The standard InChI is InChI=1S/C25H38N6O2/c1-6-33-14-21(26)28-19-9-7-8-10-20(19)30-22-17-13-16(2)11-12-18(17)29-23(31-22)24(32)27-15-25(3,4)5/h11-13,19-20H,6-10,14-15H2,1-5H3,(H2,26,28)(H,27,32)(H,29,30,31)/t19-,20+/m1/s1. The Balaban J connectivity index is 1.91. The lowest BCUT2D eigenvalue weighted by molar-refractivity contribution is 0.0929. The molecule has 1 aromatic carbocycles. The van der Waals surface area contributed by atoms with Crippen LogP contribution < -0.4 is 16.4 Å². The van der Waals surface area contributed by atoms with Crippen LogP contribution in [0.3, 0.4) is 0 Å². The molecule has 0 unspecified atom stereocenters. The summed E-state index contributed by atoms with van der Waals surface area (Å²) < 4.78 is 5.41. The molecular formula is C25H38N6O2. The molecule has 8 nitrogen and oxygen atoms in total. The van der Waals surface area contributed by atoms with E-state index in [1.165, 1.54) is 0 Å². The third kappa shape index (κ3) is 7.12. The van der Waals surface area contributed by atoms with Crippen molar-refractivity contribution in [3.05, 3.63) is 29.6 Å². The lowest BCUT2D eigenvalue weighted by Gasteiger charge is -2.30. The van der Waals surface area contributed by atoms with Crippen LogP contribution in [-0.2, 0) is 4.74 Å². The summed E-state index contributed by atoms with van der Waals surface area (Å²) in [5, 5.41) is 7.45. The van der Waals surface area contributed by atoms with Gasteiger partial charge in [0.2, 0.25) is 5.82 Å². The number of nitrogens with two attached hydrogens (primary N) is 1. The Hall–Kier alpha value is -2.74. The summed E-state index contributed by atoms with van der Waals surface area (Å²) in [5.74, 6) is 1.08. The van der Waals surface area contributed by atoms with Crippen molar-refractivity contribution in [2.24, 2.45) is 16.1 Å². The van der Waals surface area contributed by atoms with Crippen LogP contribution in [0.25, 0.3) is 10.9 Å². The van der Waals surface area contributed by atoms with Crippen LogP contribution in [0, 0.1) is 12.3 Å². The number of carbonyl (C=O) groups is 1. The highest BCUT2D eigenvalue weighted by Gasteiger charge is 2.27. The quantitative estimate of drug-likeness (QED) is 0.412. The zero-order chi connectivity index (χ0) is 24.0. The molecule has 1 heterocycles. The summed E-state index contributed by atoms with van der Waals surface area (Å²) in [6.07, 6.45) is 4.12. The molecule has 33 heavy (non-hydrogen) atoms. The van der Waals surface area contributed by atoms with Gasteiger partial charge in [0.15, 0.2) is 0 Å². The molecule has 4 N–H and O–H groups in total. The van der Waals surface area contributed by atoms with Gasteiger partial charge in [0.1, 0.15) is 18.3 Å². The second kappa shape index (κ2) is 10.9. The largest absolute Gasteiger partial charge is 0.386 e. The third-order valence-electron chi connectivity index (χ3n) is 5.67. The fourth-order valence-corrected chi connectivity index (χ4v) is 3.95. The van der Waals surface area contributed by atoms with Crippen molar-refractivity contribution < 1.29 is 9.53 Å². The van der Waals surface area contributed by atoms with Crippen molar-refractivity contribution in [2.45, 2.75) is 72.4 Å². The number of rotatable bonds is 8. The van der Waals surface area contributed by atoms with Crippen molar-refractivity contribution in [3.63, 3.8) is 0 Å². The maximum Gasteiger partial charge on any atom is 0.289 e. The molecule has 3 rings (SSSR count). The lowest BCUT2D eigenvalue weighted by Crippen LogP contribution is -2.38. The Labute approximate surface area is 196 Å². The average Bonchev–Trinajstić information content (AvgIpc) is 2.77. The smallest absolute Gasteiger partial charge is 0.289 e.